The van der Waals surface area contributed by atoms with Crippen molar-refractivity contribution in [3.63, 3.8) is 0 Å². The van der Waals surface area contributed by atoms with Gasteiger partial charge >= 0.3 is 0 Å². The topological polar surface area (TPSA) is 72.1 Å². The van der Waals surface area contributed by atoms with Crippen LogP contribution in [0.25, 0.3) is 0 Å². The number of hydrogen-bond acceptors (Lipinski definition) is 4. The van der Waals surface area contributed by atoms with Gasteiger partial charge in [0, 0.05) is 19.0 Å². The monoisotopic (exact) mass is 264 g/mol. The largest absolute Gasteiger partial charge is 0.396 e. The van der Waals surface area contributed by atoms with Crippen molar-refractivity contribution in [2.24, 2.45) is 0 Å². The van der Waals surface area contributed by atoms with Crippen molar-refractivity contribution in [3.05, 3.63) is 17.7 Å². The predicted molar refractivity (Wildman–Crippen MR) is 77.0 cm³/mol. The van der Waals surface area contributed by atoms with Gasteiger partial charge in [-0.3, -0.25) is 4.79 Å². The van der Waals surface area contributed by atoms with E-state index in [0.717, 1.165) is 19.4 Å². The minimum absolute atomic E-state index is 0.0993. The second-order valence-corrected chi connectivity index (χ2v) is 4.93. The molecule has 19 heavy (non-hydrogen) atoms. The van der Waals surface area contributed by atoms with Crippen LogP contribution in [0.15, 0.2) is 6.20 Å². The number of nitrogen functional groups attached to an aromatic ring is 1. The van der Waals surface area contributed by atoms with Crippen LogP contribution in [-0.2, 0) is 0 Å². The fourth-order valence-electron chi connectivity index (χ4n) is 1.76. The lowest BCUT2D eigenvalue weighted by Gasteiger charge is -2.21. The van der Waals surface area contributed by atoms with Crippen LogP contribution in [0.4, 0.5) is 5.69 Å². The minimum atomic E-state index is -0.0993. The molecule has 5 nitrogen and oxygen atoms in total. The van der Waals surface area contributed by atoms with Crippen molar-refractivity contribution in [2.75, 3.05) is 18.8 Å². The molecule has 0 spiro atoms. The van der Waals surface area contributed by atoms with Gasteiger partial charge in [0.15, 0.2) is 5.69 Å². The van der Waals surface area contributed by atoms with E-state index >= 15 is 0 Å². The zero-order chi connectivity index (χ0) is 14.4. The smallest absolute Gasteiger partial charge is 0.274 e. The first-order chi connectivity index (χ1) is 9.01. The van der Waals surface area contributed by atoms with Crippen LogP contribution in [0.2, 0.25) is 0 Å². The number of nitrogens with zero attached hydrogens (tertiary/aromatic N) is 3. The molecule has 0 unspecified atom stereocenters. The average Bonchev–Trinajstić information content (AvgIpc) is 2.39. The first-order valence-electron chi connectivity index (χ1n) is 6.92. The van der Waals surface area contributed by atoms with Gasteiger partial charge in [0.25, 0.3) is 5.91 Å². The number of aromatic nitrogens is 2. The summed E-state index contributed by atoms with van der Waals surface area (Å²) in [6.45, 7) is 9.47. The standard InChI is InChI=1S/C14H24N4O/c1-5-7-8-18(6-2)14(19)12-11(15)9-16-13(17-12)10(3)4/h9-10H,5-8,15H2,1-4H3. The normalized spacial score (nSPS) is 10.8. The molecule has 1 aromatic heterocycles. The van der Waals surface area contributed by atoms with Crippen molar-refractivity contribution in [2.45, 2.75) is 46.5 Å². The second kappa shape index (κ2) is 7.07. The maximum absolute atomic E-state index is 12.4. The Balaban J connectivity index is 2.99. The number of anilines is 1. The van der Waals surface area contributed by atoms with Gasteiger partial charge in [0.1, 0.15) is 5.82 Å². The fraction of sp³-hybridized carbons (Fsp3) is 0.643. The third-order valence-corrected chi connectivity index (χ3v) is 3.01. The summed E-state index contributed by atoms with van der Waals surface area (Å²) in [6.07, 6.45) is 3.57. The Morgan fingerprint density at radius 2 is 2.11 bits per heavy atom. The van der Waals surface area contributed by atoms with Gasteiger partial charge in [0.2, 0.25) is 0 Å². The van der Waals surface area contributed by atoms with Crippen LogP contribution < -0.4 is 5.73 Å². The molecule has 106 valence electrons. The molecular weight excluding hydrogens is 240 g/mol. The highest BCUT2D eigenvalue weighted by Gasteiger charge is 2.19. The highest BCUT2D eigenvalue weighted by molar-refractivity contribution is 5.96. The second-order valence-electron chi connectivity index (χ2n) is 4.93. The summed E-state index contributed by atoms with van der Waals surface area (Å²) in [6, 6.07) is 0. The first-order valence-corrected chi connectivity index (χ1v) is 6.92. The summed E-state index contributed by atoms with van der Waals surface area (Å²) >= 11 is 0. The van der Waals surface area contributed by atoms with Crippen molar-refractivity contribution in [3.8, 4) is 0 Å². The van der Waals surface area contributed by atoms with E-state index in [1.807, 2.05) is 20.8 Å². The molecule has 5 heteroatoms. The lowest BCUT2D eigenvalue weighted by molar-refractivity contribution is 0.0757. The van der Waals surface area contributed by atoms with E-state index < -0.39 is 0 Å². The number of amides is 1. The third-order valence-electron chi connectivity index (χ3n) is 3.01. The molecule has 0 atom stereocenters. The summed E-state index contributed by atoms with van der Waals surface area (Å²) in [7, 11) is 0. The summed E-state index contributed by atoms with van der Waals surface area (Å²) in [4.78, 5) is 22.7. The Bertz CT molecular complexity index is 431. The van der Waals surface area contributed by atoms with Crippen molar-refractivity contribution < 1.29 is 4.79 Å². The number of hydrogen-bond donors (Lipinski definition) is 1. The molecule has 0 bridgehead atoms. The zero-order valence-electron chi connectivity index (χ0n) is 12.3. The molecule has 1 rings (SSSR count). The maximum Gasteiger partial charge on any atom is 0.274 e. The fourth-order valence-corrected chi connectivity index (χ4v) is 1.76. The average molecular weight is 264 g/mol. The van der Waals surface area contributed by atoms with Crippen LogP contribution in [0.1, 0.15) is 62.8 Å². The van der Waals surface area contributed by atoms with E-state index in [4.69, 9.17) is 5.73 Å². The van der Waals surface area contributed by atoms with Crippen LogP contribution in [0.5, 0.6) is 0 Å². The van der Waals surface area contributed by atoms with E-state index in [1.54, 1.807) is 4.90 Å². The summed E-state index contributed by atoms with van der Waals surface area (Å²) in [5.41, 5.74) is 6.52. The van der Waals surface area contributed by atoms with Gasteiger partial charge in [-0.15, -0.1) is 0 Å². The molecule has 0 radical (unpaired) electrons. The number of nitrogens with two attached hydrogens (primary N) is 1. The molecule has 1 heterocycles. The van der Waals surface area contributed by atoms with Gasteiger partial charge in [-0.05, 0) is 13.3 Å². The van der Waals surface area contributed by atoms with Gasteiger partial charge < -0.3 is 10.6 Å². The molecule has 0 aromatic carbocycles. The van der Waals surface area contributed by atoms with E-state index in [-0.39, 0.29) is 11.8 Å². The minimum Gasteiger partial charge on any atom is -0.396 e. The molecular formula is C14H24N4O. The quantitative estimate of drug-likeness (QED) is 0.856. The van der Waals surface area contributed by atoms with Gasteiger partial charge in [0.05, 0.1) is 11.9 Å². The van der Waals surface area contributed by atoms with E-state index in [1.165, 1.54) is 6.20 Å². The Hall–Kier alpha value is -1.65. The molecule has 1 aromatic rings. The first kappa shape index (κ1) is 15.4. The highest BCUT2D eigenvalue weighted by atomic mass is 16.2. The summed E-state index contributed by atoms with van der Waals surface area (Å²) in [5, 5.41) is 0. The van der Waals surface area contributed by atoms with E-state index in [9.17, 15) is 4.79 Å². The summed E-state index contributed by atoms with van der Waals surface area (Å²) in [5.74, 6) is 0.736. The molecule has 1 amide bonds. The van der Waals surface area contributed by atoms with Gasteiger partial charge in [-0.2, -0.15) is 0 Å². The van der Waals surface area contributed by atoms with Gasteiger partial charge in [-0.25, -0.2) is 9.97 Å². The Kier molecular flexibility index (Phi) is 5.73. The number of carbonyl (C=O) groups is 1. The lowest BCUT2D eigenvalue weighted by Crippen LogP contribution is -2.33. The molecule has 0 aliphatic carbocycles. The third kappa shape index (κ3) is 3.91. The SMILES string of the molecule is CCCCN(CC)C(=O)c1nc(C(C)C)ncc1N. The van der Waals surface area contributed by atoms with Gasteiger partial charge in [-0.1, -0.05) is 27.2 Å². The zero-order valence-corrected chi connectivity index (χ0v) is 12.3. The van der Waals surface area contributed by atoms with Crippen molar-refractivity contribution >= 4 is 11.6 Å². The Labute approximate surface area is 115 Å². The van der Waals surface area contributed by atoms with Crippen LogP contribution in [-0.4, -0.2) is 33.9 Å². The van der Waals surface area contributed by atoms with Crippen LogP contribution in [0.3, 0.4) is 0 Å². The molecule has 0 saturated carbocycles. The molecule has 0 fully saturated rings. The highest BCUT2D eigenvalue weighted by Crippen LogP contribution is 2.15. The summed E-state index contributed by atoms with van der Waals surface area (Å²) < 4.78 is 0. The van der Waals surface area contributed by atoms with Crippen LogP contribution in [0, 0.1) is 0 Å². The van der Waals surface area contributed by atoms with E-state index in [0.29, 0.717) is 23.8 Å². The number of unbranched alkanes of at least 4 members (excludes halogenated alkanes) is 1. The van der Waals surface area contributed by atoms with E-state index in [2.05, 4.69) is 16.9 Å². The van der Waals surface area contributed by atoms with Crippen LogP contribution >= 0.6 is 0 Å². The molecule has 0 aliphatic rings. The van der Waals surface area contributed by atoms with Crippen molar-refractivity contribution in [1.82, 2.24) is 14.9 Å². The molecule has 0 aliphatic heterocycles. The lowest BCUT2D eigenvalue weighted by atomic mass is 10.2. The number of carbonyl (C=O) groups excluding carboxylic acids is 1. The maximum atomic E-state index is 12.4. The molecule has 0 saturated heterocycles. The number of rotatable bonds is 6. The Morgan fingerprint density at radius 1 is 1.42 bits per heavy atom. The predicted octanol–water partition coefficient (Wildman–Crippen LogP) is 2.44. The van der Waals surface area contributed by atoms with Crippen molar-refractivity contribution in [1.29, 1.82) is 0 Å². The Morgan fingerprint density at radius 3 is 2.63 bits per heavy atom. The molecule has 2 N–H and O–H groups in total.